The number of nitrogens with one attached hydrogen (secondary N) is 1. The zero-order valence-corrected chi connectivity index (χ0v) is 16.0. The van der Waals surface area contributed by atoms with Crippen molar-refractivity contribution >= 4 is 22.6 Å². The number of hydrogen-bond acceptors (Lipinski definition) is 0. The van der Waals surface area contributed by atoms with Crippen LogP contribution in [0.15, 0.2) is 115 Å². The van der Waals surface area contributed by atoms with Crippen LogP contribution in [0.1, 0.15) is 16.7 Å². The zero-order valence-electron chi connectivity index (χ0n) is 16.0. The molecule has 0 atom stereocenters. The average Bonchev–Trinajstić information content (AvgIpc) is 3.19. The molecular formula is C28H21N. The Labute approximate surface area is 171 Å². The molecule has 1 aromatic heterocycles. The van der Waals surface area contributed by atoms with Gasteiger partial charge in [0.2, 0.25) is 0 Å². The van der Waals surface area contributed by atoms with E-state index in [1.807, 2.05) is 0 Å². The van der Waals surface area contributed by atoms with Crippen LogP contribution in [0.5, 0.6) is 0 Å². The molecule has 0 aliphatic heterocycles. The molecule has 0 spiro atoms. The molecule has 1 heteroatoms. The minimum absolute atomic E-state index is 1.15. The van der Waals surface area contributed by atoms with Crippen LogP contribution >= 0.6 is 0 Å². The Kier molecular flexibility index (Phi) is 4.56. The number of fused-ring (bicyclic) bond motifs is 1. The van der Waals surface area contributed by atoms with E-state index in [0.717, 1.165) is 11.2 Å². The van der Waals surface area contributed by atoms with Crippen LogP contribution in [0, 0.1) is 0 Å². The lowest BCUT2D eigenvalue weighted by Crippen LogP contribution is -1.91. The molecule has 0 aliphatic rings. The van der Waals surface area contributed by atoms with Gasteiger partial charge >= 0.3 is 0 Å². The molecule has 0 amide bonds. The van der Waals surface area contributed by atoms with Crippen LogP contribution < -0.4 is 0 Å². The maximum atomic E-state index is 3.68. The zero-order chi connectivity index (χ0) is 19.5. The molecule has 5 rings (SSSR count). The highest BCUT2D eigenvalue weighted by Crippen LogP contribution is 2.39. The Morgan fingerprint density at radius 3 is 1.90 bits per heavy atom. The topological polar surface area (TPSA) is 15.8 Å². The van der Waals surface area contributed by atoms with E-state index in [1.54, 1.807) is 0 Å². The Hall–Kier alpha value is -3.84. The van der Waals surface area contributed by atoms with Crippen LogP contribution in [-0.2, 0) is 0 Å². The van der Waals surface area contributed by atoms with E-state index in [1.165, 1.54) is 33.2 Å². The molecule has 1 heterocycles. The summed E-state index contributed by atoms with van der Waals surface area (Å²) in [5.74, 6) is 0. The first-order valence-corrected chi connectivity index (χ1v) is 9.89. The van der Waals surface area contributed by atoms with E-state index >= 15 is 0 Å². The van der Waals surface area contributed by atoms with Gasteiger partial charge in [0.15, 0.2) is 0 Å². The van der Waals surface area contributed by atoms with E-state index in [0.29, 0.717) is 0 Å². The summed E-state index contributed by atoms with van der Waals surface area (Å²) in [5, 5.41) is 1.23. The normalized spacial score (nSPS) is 11.7. The van der Waals surface area contributed by atoms with E-state index in [4.69, 9.17) is 0 Å². The van der Waals surface area contributed by atoms with Gasteiger partial charge in [-0.1, -0.05) is 109 Å². The highest BCUT2D eigenvalue weighted by Gasteiger charge is 2.18. The number of benzene rings is 4. The number of aromatic nitrogens is 1. The largest absolute Gasteiger partial charge is 0.354 e. The molecule has 5 aromatic rings. The monoisotopic (exact) mass is 371 g/mol. The summed E-state index contributed by atoms with van der Waals surface area (Å²) < 4.78 is 0. The van der Waals surface area contributed by atoms with Crippen LogP contribution in [0.3, 0.4) is 0 Å². The molecule has 0 radical (unpaired) electrons. The fourth-order valence-electron chi connectivity index (χ4n) is 3.88. The lowest BCUT2D eigenvalue weighted by Gasteiger charge is -2.12. The van der Waals surface area contributed by atoms with E-state index in [-0.39, 0.29) is 0 Å². The lowest BCUT2D eigenvalue weighted by atomic mass is 9.91. The van der Waals surface area contributed by atoms with Gasteiger partial charge in [-0.25, -0.2) is 0 Å². The Balaban J connectivity index is 1.84. The molecule has 0 aliphatic carbocycles. The molecule has 0 unspecified atom stereocenters. The van der Waals surface area contributed by atoms with Crippen molar-refractivity contribution in [2.24, 2.45) is 0 Å². The van der Waals surface area contributed by atoms with Crippen molar-refractivity contribution in [1.29, 1.82) is 0 Å². The van der Waals surface area contributed by atoms with E-state index in [2.05, 4.69) is 126 Å². The highest BCUT2D eigenvalue weighted by molar-refractivity contribution is 6.07. The smallest absolute Gasteiger partial charge is 0.0544 e. The molecular weight excluding hydrogens is 350 g/mol. The summed E-state index contributed by atoms with van der Waals surface area (Å²) >= 11 is 0. The van der Waals surface area contributed by atoms with Crippen molar-refractivity contribution in [3.8, 4) is 11.3 Å². The summed E-state index contributed by atoms with van der Waals surface area (Å²) in [6.07, 6.45) is 2.29. The van der Waals surface area contributed by atoms with Crippen molar-refractivity contribution in [3.63, 3.8) is 0 Å². The molecule has 0 bridgehead atoms. The third-order valence-corrected chi connectivity index (χ3v) is 5.23. The van der Waals surface area contributed by atoms with Gasteiger partial charge in [0.05, 0.1) is 5.69 Å². The van der Waals surface area contributed by atoms with Gasteiger partial charge in [0, 0.05) is 16.5 Å². The second-order valence-corrected chi connectivity index (χ2v) is 7.12. The summed E-state index contributed by atoms with van der Waals surface area (Å²) in [7, 11) is 0. The summed E-state index contributed by atoms with van der Waals surface area (Å²) in [6, 6.07) is 40.3. The van der Waals surface area contributed by atoms with Gasteiger partial charge < -0.3 is 4.98 Å². The van der Waals surface area contributed by atoms with Gasteiger partial charge in [-0.2, -0.15) is 0 Å². The minimum atomic E-state index is 1.15. The molecule has 1 nitrogen and oxygen atoms in total. The van der Waals surface area contributed by atoms with Gasteiger partial charge in [-0.3, -0.25) is 0 Å². The predicted octanol–water partition coefficient (Wildman–Crippen LogP) is 7.42. The Morgan fingerprint density at radius 1 is 0.586 bits per heavy atom. The first-order valence-electron chi connectivity index (χ1n) is 9.89. The first-order chi connectivity index (χ1) is 14.4. The molecule has 0 saturated carbocycles. The third kappa shape index (κ3) is 3.39. The number of rotatable bonds is 4. The maximum Gasteiger partial charge on any atom is 0.0544 e. The fourth-order valence-corrected chi connectivity index (χ4v) is 3.88. The second-order valence-electron chi connectivity index (χ2n) is 7.12. The van der Waals surface area contributed by atoms with Gasteiger partial charge in [-0.15, -0.1) is 0 Å². The van der Waals surface area contributed by atoms with Crippen LogP contribution in [0.2, 0.25) is 0 Å². The highest BCUT2D eigenvalue weighted by atomic mass is 14.7. The van der Waals surface area contributed by atoms with Gasteiger partial charge in [-0.05, 0) is 34.4 Å². The first kappa shape index (κ1) is 17.3. The molecule has 29 heavy (non-hydrogen) atoms. The SMILES string of the molecule is C(=C(c1ccccc1)c1c(-c2ccccc2)[nH]c2ccccc12)c1ccccc1. The summed E-state index contributed by atoms with van der Waals surface area (Å²) in [5.41, 5.74) is 8.34. The number of aromatic amines is 1. The average molecular weight is 371 g/mol. The quantitative estimate of drug-likeness (QED) is 0.316. The standard InChI is InChI=1S/C28H21N/c1-4-12-21(13-5-1)20-25(22-14-6-2-7-15-22)27-24-18-10-11-19-26(24)29-28(27)23-16-8-3-9-17-23/h1-20,29H. The maximum absolute atomic E-state index is 3.68. The Bertz CT molecular complexity index is 1260. The molecule has 138 valence electrons. The van der Waals surface area contributed by atoms with Crippen molar-refractivity contribution in [2.75, 3.05) is 0 Å². The van der Waals surface area contributed by atoms with Crippen molar-refractivity contribution < 1.29 is 0 Å². The fraction of sp³-hybridized carbons (Fsp3) is 0. The lowest BCUT2D eigenvalue weighted by molar-refractivity contribution is 1.44. The number of para-hydroxylation sites is 1. The van der Waals surface area contributed by atoms with Crippen LogP contribution in [0.25, 0.3) is 33.8 Å². The Morgan fingerprint density at radius 2 is 1.17 bits per heavy atom. The van der Waals surface area contributed by atoms with Crippen molar-refractivity contribution in [3.05, 3.63) is 132 Å². The molecule has 0 fully saturated rings. The van der Waals surface area contributed by atoms with Crippen LogP contribution in [0.4, 0.5) is 0 Å². The van der Waals surface area contributed by atoms with Gasteiger partial charge in [0.25, 0.3) is 0 Å². The summed E-state index contributed by atoms with van der Waals surface area (Å²) in [4.78, 5) is 3.68. The van der Waals surface area contributed by atoms with E-state index in [9.17, 15) is 0 Å². The second kappa shape index (κ2) is 7.65. The molecule has 0 saturated heterocycles. The van der Waals surface area contributed by atoms with E-state index < -0.39 is 0 Å². The molecule has 4 aromatic carbocycles. The molecule has 1 N–H and O–H groups in total. The minimum Gasteiger partial charge on any atom is -0.354 e. The predicted molar refractivity (Wildman–Crippen MR) is 124 cm³/mol. The summed E-state index contributed by atoms with van der Waals surface area (Å²) in [6.45, 7) is 0. The van der Waals surface area contributed by atoms with Gasteiger partial charge in [0.1, 0.15) is 0 Å². The number of H-pyrrole nitrogens is 1. The number of hydrogen-bond donors (Lipinski definition) is 1. The third-order valence-electron chi connectivity index (χ3n) is 5.23. The van der Waals surface area contributed by atoms with Crippen molar-refractivity contribution in [1.82, 2.24) is 4.98 Å². The van der Waals surface area contributed by atoms with Crippen LogP contribution in [-0.4, -0.2) is 4.98 Å². The van der Waals surface area contributed by atoms with Crippen molar-refractivity contribution in [2.45, 2.75) is 0 Å².